The highest BCUT2D eigenvalue weighted by Crippen LogP contribution is 2.23. The van der Waals surface area contributed by atoms with Gasteiger partial charge in [0.25, 0.3) is 0 Å². The maximum atomic E-state index is 3.49. The van der Waals surface area contributed by atoms with Gasteiger partial charge in [-0.15, -0.1) is 0 Å². The Morgan fingerprint density at radius 3 is 2.94 bits per heavy atom. The van der Waals surface area contributed by atoms with Crippen LogP contribution in [0.15, 0.2) is 24.3 Å². The number of hydrogen-bond donors (Lipinski definition) is 1. The number of rotatable bonds is 2. The molecule has 1 unspecified atom stereocenters. The molecule has 1 heteroatoms. The van der Waals surface area contributed by atoms with Gasteiger partial charge in [-0.2, -0.15) is 0 Å². The van der Waals surface area contributed by atoms with Crippen LogP contribution in [-0.2, 0) is 12.8 Å². The number of hydrogen-bond acceptors (Lipinski definition) is 1. The smallest absolute Gasteiger partial charge is 0.0253 e. The summed E-state index contributed by atoms with van der Waals surface area (Å²) in [5.74, 6) is 0. The molecule has 1 N–H and O–H groups in total. The summed E-state index contributed by atoms with van der Waals surface area (Å²) in [5.41, 5.74) is 4.51. The van der Waals surface area contributed by atoms with Gasteiger partial charge in [0.2, 0.25) is 0 Å². The first-order valence-electron chi connectivity index (χ1n) is 6.45. The van der Waals surface area contributed by atoms with E-state index in [1.54, 1.807) is 11.1 Å². The first-order chi connectivity index (χ1) is 7.92. The molecule has 2 aliphatic rings. The molecule has 1 aliphatic heterocycles. The Bertz CT molecular complexity index is 400. The number of aryl methyl sites for hydroxylation is 2. The number of benzene rings is 1. The molecule has 0 aromatic heterocycles. The predicted octanol–water partition coefficient (Wildman–Crippen LogP) is 2.94. The lowest BCUT2D eigenvalue weighted by atomic mass is 10.1. The molecule has 84 valence electrons. The molecule has 0 radical (unpaired) electrons. The average molecular weight is 213 g/mol. The lowest BCUT2D eigenvalue weighted by Crippen LogP contribution is -2.17. The van der Waals surface area contributed by atoms with Crippen LogP contribution in [0.1, 0.15) is 36.0 Å². The highest BCUT2D eigenvalue weighted by molar-refractivity contribution is 5.53. The molecule has 1 aromatic rings. The summed E-state index contributed by atoms with van der Waals surface area (Å²) in [5, 5.41) is 3.49. The molecular formula is C15H19N. The third-order valence-corrected chi connectivity index (χ3v) is 3.74. The van der Waals surface area contributed by atoms with Crippen LogP contribution in [0.4, 0.5) is 0 Å². The predicted molar refractivity (Wildman–Crippen MR) is 68.5 cm³/mol. The van der Waals surface area contributed by atoms with Gasteiger partial charge in [0.05, 0.1) is 0 Å². The first-order valence-corrected chi connectivity index (χ1v) is 6.45. The fraction of sp³-hybridized carbons (Fsp3) is 0.467. The molecule has 1 aromatic carbocycles. The van der Waals surface area contributed by atoms with Crippen molar-refractivity contribution in [2.45, 2.75) is 38.1 Å². The van der Waals surface area contributed by atoms with Gasteiger partial charge in [-0.05, 0) is 55.3 Å². The average Bonchev–Trinajstić information content (AvgIpc) is 2.97. The van der Waals surface area contributed by atoms with E-state index in [0.717, 1.165) is 0 Å². The van der Waals surface area contributed by atoms with Crippen molar-refractivity contribution in [1.29, 1.82) is 0 Å². The molecule has 0 saturated carbocycles. The Labute approximate surface area is 97.6 Å². The van der Waals surface area contributed by atoms with E-state index >= 15 is 0 Å². The molecule has 0 spiro atoms. The van der Waals surface area contributed by atoms with Crippen LogP contribution >= 0.6 is 0 Å². The second-order valence-electron chi connectivity index (χ2n) is 4.94. The van der Waals surface area contributed by atoms with Crippen LogP contribution in [0.3, 0.4) is 0 Å². The summed E-state index contributed by atoms with van der Waals surface area (Å²) in [4.78, 5) is 0. The highest BCUT2D eigenvalue weighted by Gasteiger charge is 2.11. The Balaban J connectivity index is 1.74. The van der Waals surface area contributed by atoms with Crippen molar-refractivity contribution >= 4 is 6.08 Å². The molecule has 1 nitrogen and oxygen atoms in total. The van der Waals surface area contributed by atoms with Gasteiger partial charge in [-0.3, -0.25) is 0 Å². The van der Waals surface area contributed by atoms with Crippen molar-refractivity contribution in [1.82, 2.24) is 5.32 Å². The highest BCUT2D eigenvalue weighted by atomic mass is 14.9. The van der Waals surface area contributed by atoms with Gasteiger partial charge in [0.15, 0.2) is 0 Å². The zero-order chi connectivity index (χ0) is 10.8. The molecule has 1 aliphatic carbocycles. The molecule has 1 fully saturated rings. The summed E-state index contributed by atoms with van der Waals surface area (Å²) in [7, 11) is 0. The lowest BCUT2D eigenvalue weighted by molar-refractivity contribution is 0.730. The maximum absolute atomic E-state index is 3.49. The standard InChI is InChI=1S/C15H19N/c1-3-13-8-6-12(11-14(13)4-1)7-9-15-5-2-10-16-15/h6-9,11,15-16H,1-5,10H2/b9-7+. The van der Waals surface area contributed by atoms with E-state index in [-0.39, 0.29) is 0 Å². The molecule has 0 bridgehead atoms. The van der Waals surface area contributed by atoms with Gasteiger partial charge in [-0.1, -0.05) is 30.4 Å². The minimum Gasteiger partial charge on any atom is -0.311 e. The van der Waals surface area contributed by atoms with E-state index in [4.69, 9.17) is 0 Å². The van der Waals surface area contributed by atoms with Gasteiger partial charge < -0.3 is 5.32 Å². The van der Waals surface area contributed by atoms with Crippen molar-refractivity contribution in [2.75, 3.05) is 6.54 Å². The van der Waals surface area contributed by atoms with Crippen molar-refractivity contribution in [2.24, 2.45) is 0 Å². The van der Waals surface area contributed by atoms with Gasteiger partial charge in [0, 0.05) is 6.04 Å². The van der Waals surface area contributed by atoms with Crippen LogP contribution in [-0.4, -0.2) is 12.6 Å². The van der Waals surface area contributed by atoms with Crippen molar-refractivity contribution < 1.29 is 0 Å². The molecule has 0 amide bonds. The zero-order valence-electron chi connectivity index (χ0n) is 9.71. The molecular weight excluding hydrogens is 194 g/mol. The van der Waals surface area contributed by atoms with E-state index < -0.39 is 0 Å². The summed E-state index contributed by atoms with van der Waals surface area (Å²) in [6.07, 6.45) is 11.1. The number of fused-ring (bicyclic) bond motifs is 1. The van der Waals surface area contributed by atoms with Crippen molar-refractivity contribution in [3.8, 4) is 0 Å². The Hall–Kier alpha value is -1.08. The van der Waals surface area contributed by atoms with E-state index in [0.29, 0.717) is 6.04 Å². The molecule has 16 heavy (non-hydrogen) atoms. The first kappa shape index (κ1) is 10.1. The molecule has 3 rings (SSSR count). The van der Waals surface area contributed by atoms with Gasteiger partial charge in [0.1, 0.15) is 0 Å². The van der Waals surface area contributed by atoms with Crippen LogP contribution in [0, 0.1) is 0 Å². The third-order valence-electron chi connectivity index (χ3n) is 3.74. The fourth-order valence-electron chi connectivity index (χ4n) is 2.80. The van der Waals surface area contributed by atoms with E-state index in [9.17, 15) is 0 Å². The zero-order valence-corrected chi connectivity index (χ0v) is 9.71. The lowest BCUT2D eigenvalue weighted by Gasteiger charge is -2.04. The second-order valence-corrected chi connectivity index (χ2v) is 4.94. The van der Waals surface area contributed by atoms with Gasteiger partial charge in [-0.25, -0.2) is 0 Å². The summed E-state index contributed by atoms with van der Waals surface area (Å²) < 4.78 is 0. The summed E-state index contributed by atoms with van der Waals surface area (Å²) in [6.45, 7) is 1.18. The Kier molecular flexibility index (Phi) is 2.79. The van der Waals surface area contributed by atoms with Crippen LogP contribution in [0.2, 0.25) is 0 Å². The van der Waals surface area contributed by atoms with Crippen LogP contribution < -0.4 is 5.32 Å². The maximum Gasteiger partial charge on any atom is 0.0253 e. The largest absolute Gasteiger partial charge is 0.311 e. The van der Waals surface area contributed by atoms with Crippen LogP contribution in [0.5, 0.6) is 0 Å². The summed E-state index contributed by atoms with van der Waals surface area (Å²) >= 11 is 0. The minimum atomic E-state index is 0.605. The summed E-state index contributed by atoms with van der Waals surface area (Å²) in [6, 6.07) is 7.54. The van der Waals surface area contributed by atoms with Crippen LogP contribution in [0.25, 0.3) is 6.08 Å². The number of nitrogens with one attached hydrogen (secondary N) is 1. The van der Waals surface area contributed by atoms with E-state index in [1.807, 2.05) is 0 Å². The minimum absolute atomic E-state index is 0.605. The Morgan fingerprint density at radius 1 is 1.12 bits per heavy atom. The SMILES string of the molecule is C(=C\C1CCCN1)/c1ccc2c(c1)CCC2. The molecule has 1 atom stereocenters. The quantitative estimate of drug-likeness (QED) is 0.796. The molecule has 1 heterocycles. The normalized spacial score (nSPS) is 24.1. The third kappa shape index (κ3) is 2.05. The van der Waals surface area contributed by atoms with E-state index in [1.165, 1.54) is 44.2 Å². The van der Waals surface area contributed by atoms with Gasteiger partial charge >= 0.3 is 0 Å². The second kappa shape index (κ2) is 4.42. The fourth-order valence-corrected chi connectivity index (χ4v) is 2.80. The monoisotopic (exact) mass is 213 g/mol. The van der Waals surface area contributed by atoms with Crippen molar-refractivity contribution in [3.05, 3.63) is 41.0 Å². The molecule has 1 saturated heterocycles. The van der Waals surface area contributed by atoms with E-state index in [2.05, 4.69) is 35.7 Å². The Morgan fingerprint density at radius 2 is 2.06 bits per heavy atom. The van der Waals surface area contributed by atoms with Crippen molar-refractivity contribution in [3.63, 3.8) is 0 Å². The topological polar surface area (TPSA) is 12.0 Å².